The highest BCUT2D eigenvalue weighted by molar-refractivity contribution is 5.75. The van der Waals surface area contributed by atoms with Gasteiger partial charge in [-0.1, -0.05) is 15.0 Å². The Bertz CT molecular complexity index is 869. The molecule has 1 aromatic carbocycles. The molecule has 1 aliphatic rings. The van der Waals surface area contributed by atoms with E-state index < -0.39 is 66.9 Å². The fourth-order valence-corrected chi connectivity index (χ4v) is 2.16. The van der Waals surface area contributed by atoms with Gasteiger partial charge >= 0.3 is 0 Å². The summed E-state index contributed by atoms with van der Waals surface area (Å²) >= 11 is 0. The smallest absolute Gasteiger partial charge is 0.258 e. The first-order valence-electron chi connectivity index (χ1n) is 7.51. The third-order valence-electron chi connectivity index (χ3n) is 3.61. The van der Waals surface area contributed by atoms with Crippen LogP contribution in [0.4, 0.5) is 17.1 Å². The van der Waals surface area contributed by atoms with Crippen LogP contribution in [0.25, 0.3) is 0 Å². The van der Waals surface area contributed by atoms with Gasteiger partial charge in [0.2, 0.25) is 20.0 Å². The predicted molar refractivity (Wildman–Crippen MR) is 98.0 cm³/mol. The van der Waals surface area contributed by atoms with Crippen LogP contribution in [0.3, 0.4) is 0 Å². The lowest BCUT2D eigenvalue weighted by Crippen LogP contribution is -2.59. The summed E-state index contributed by atoms with van der Waals surface area (Å²) in [4.78, 5) is 59.8. The Kier molecular flexibility index (Phi) is 9.54. The van der Waals surface area contributed by atoms with E-state index in [1.54, 1.807) is 0 Å². The van der Waals surface area contributed by atoms with E-state index >= 15 is 0 Å². The van der Waals surface area contributed by atoms with Crippen LogP contribution in [0.2, 0.25) is 0 Å². The van der Waals surface area contributed by atoms with E-state index in [9.17, 15) is 60.7 Å². The molecule has 1 aliphatic heterocycles. The molecule has 0 saturated carbocycles. The lowest BCUT2D eigenvalue weighted by Gasteiger charge is -2.27. The molecule has 0 aliphatic carbocycles. The van der Waals surface area contributed by atoms with E-state index in [1.807, 2.05) is 0 Å². The molecule has 0 atom stereocenters. The van der Waals surface area contributed by atoms with Crippen LogP contribution < -0.4 is 0 Å². The van der Waals surface area contributed by atoms with E-state index in [4.69, 9.17) is 0 Å². The molecule has 0 unspecified atom stereocenters. The minimum Gasteiger partial charge on any atom is -0.258 e. The first-order chi connectivity index (χ1) is 14.3. The minimum absolute atomic E-state index is 0. The van der Waals surface area contributed by atoms with E-state index in [-0.39, 0.29) is 22.9 Å². The summed E-state index contributed by atoms with van der Waals surface area (Å²) in [6.45, 7) is -0.612. The van der Waals surface area contributed by atoms with Crippen LogP contribution in [-0.2, 0) is 0 Å². The maximum Gasteiger partial charge on any atom is 0.286 e. The monoisotopic (exact) mass is 476 g/mol. The van der Waals surface area contributed by atoms with E-state index in [0.29, 0.717) is 27.2 Å². The van der Waals surface area contributed by atoms with Crippen molar-refractivity contribution in [3.8, 4) is 0 Å². The van der Waals surface area contributed by atoms with Crippen molar-refractivity contribution in [3.05, 3.63) is 78.4 Å². The Morgan fingerprint density at radius 2 is 0.906 bits per heavy atom. The molecule has 1 saturated heterocycles. The third-order valence-corrected chi connectivity index (χ3v) is 3.61. The standard InChI is InChI=1S/C7H5N3O6.C3H6N6O6.Al/c1-4-6(9(13)14)2-5(8(11)12)3-7(4)10(15)16;10-7(11)4-1-5(8(12)13)3-6(2-4)9(14)15;/h2-3H,1H3;1-3H2;. The molecule has 3 radical (unpaired) electrons. The first kappa shape index (κ1) is 27.6. The average molecular weight is 476 g/mol. The van der Waals surface area contributed by atoms with Crippen molar-refractivity contribution < 1.29 is 29.9 Å². The van der Waals surface area contributed by atoms with Crippen molar-refractivity contribution in [1.29, 1.82) is 0 Å². The molecule has 22 heteroatoms. The molecular formula is C10H11AlN9O12. The van der Waals surface area contributed by atoms with Gasteiger partial charge in [-0.2, -0.15) is 0 Å². The summed E-state index contributed by atoms with van der Waals surface area (Å²) < 4.78 is 0. The maximum atomic E-state index is 10.5. The summed E-state index contributed by atoms with van der Waals surface area (Å²) in [5.74, 6) is 0. The highest BCUT2D eigenvalue weighted by Gasteiger charge is 2.39. The molecule has 0 amide bonds. The summed E-state index contributed by atoms with van der Waals surface area (Å²) in [5.41, 5.74) is -2.16. The number of hydrogen-bond acceptors (Lipinski definition) is 12. The average Bonchev–Trinajstić information content (AvgIpc) is 2.67. The third kappa shape index (κ3) is 6.81. The predicted octanol–water partition coefficient (Wildman–Crippen LogP) is -0.308. The number of nitro benzene ring substituents is 3. The van der Waals surface area contributed by atoms with Gasteiger partial charge in [-0.15, -0.1) is 0 Å². The van der Waals surface area contributed by atoms with Gasteiger partial charge in [0, 0.05) is 17.4 Å². The number of hydrogen-bond donors (Lipinski definition) is 0. The van der Waals surface area contributed by atoms with Gasteiger partial charge in [-0.25, -0.2) is 30.3 Å². The summed E-state index contributed by atoms with van der Waals surface area (Å²) in [6, 6.07) is 1.39. The summed E-state index contributed by atoms with van der Waals surface area (Å²) in [5, 5.41) is 60.8. The molecule has 2 rings (SSSR count). The number of nitrogens with zero attached hydrogens (tertiary/aromatic N) is 9. The Balaban J connectivity index is 0.000000584. The number of non-ortho nitro benzene ring substituents is 1. The van der Waals surface area contributed by atoms with Gasteiger partial charge in [-0.3, -0.25) is 30.3 Å². The number of rotatable bonds is 6. The number of nitro groups is 6. The van der Waals surface area contributed by atoms with Crippen molar-refractivity contribution in [2.24, 2.45) is 0 Å². The fraction of sp³-hybridized carbons (Fsp3) is 0.400. The van der Waals surface area contributed by atoms with Crippen LogP contribution in [0.1, 0.15) is 5.56 Å². The van der Waals surface area contributed by atoms with E-state index in [2.05, 4.69) is 0 Å². The Morgan fingerprint density at radius 3 is 1.09 bits per heavy atom. The van der Waals surface area contributed by atoms with Crippen LogP contribution in [0, 0.1) is 67.6 Å². The van der Waals surface area contributed by atoms with Crippen molar-refractivity contribution in [2.75, 3.05) is 20.0 Å². The Morgan fingerprint density at radius 1 is 0.625 bits per heavy atom. The molecule has 1 heterocycles. The molecule has 171 valence electrons. The second-order valence-corrected chi connectivity index (χ2v) is 5.54. The molecule has 32 heavy (non-hydrogen) atoms. The fourth-order valence-electron chi connectivity index (χ4n) is 2.16. The van der Waals surface area contributed by atoms with Crippen LogP contribution >= 0.6 is 0 Å². The zero-order chi connectivity index (χ0) is 24.0. The molecule has 0 spiro atoms. The van der Waals surface area contributed by atoms with Crippen molar-refractivity contribution in [1.82, 2.24) is 15.0 Å². The van der Waals surface area contributed by atoms with Crippen molar-refractivity contribution in [3.63, 3.8) is 0 Å². The normalized spacial score (nSPS) is 12.6. The van der Waals surface area contributed by atoms with E-state index in [1.165, 1.54) is 6.92 Å². The second kappa shape index (κ2) is 11.1. The number of benzene rings is 1. The zero-order valence-corrected chi connectivity index (χ0v) is 16.9. The van der Waals surface area contributed by atoms with Crippen LogP contribution in [0.15, 0.2) is 12.1 Å². The van der Waals surface area contributed by atoms with Crippen LogP contribution in [-0.4, -0.2) is 82.3 Å². The van der Waals surface area contributed by atoms with Crippen molar-refractivity contribution >= 4 is 34.4 Å². The van der Waals surface area contributed by atoms with Gasteiger partial charge in [0.15, 0.2) is 15.1 Å². The lowest BCUT2D eigenvalue weighted by atomic mass is 10.1. The van der Waals surface area contributed by atoms with Crippen molar-refractivity contribution in [2.45, 2.75) is 6.92 Å². The molecule has 0 aromatic heterocycles. The van der Waals surface area contributed by atoms with Gasteiger partial charge in [0.1, 0.15) is 5.56 Å². The van der Waals surface area contributed by atoms with Crippen LogP contribution in [0.5, 0.6) is 0 Å². The second-order valence-electron chi connectivity index (χ2n) is 5.54. The zero-order valence-electron chi connectivity index (χ0n) is 15.8. The van der Waals surface area contributed by atoms with E-state index in [0.717, 1.165) is 0 Å². The Labute approximate surface area is 185 Å². The van der Waals surface area contributed by atoms with Gasteiger partial charge in [0.05, 0.1) is 26.9 Å². The maximum absolute atomic E-state index is 10.5. The largest absolute Gasteiger partial charge is 0.286 e. The first-order valence-corrected chi connectivity index (χ1v) is 7.51. The molecular weight excluding hydrogens is 465 g/mol. The molecule has 0 bridgehead atoms. The molecule has 21 nitrogen and oxygen atoms in total. The highest BCUT2D eigenvalue weighted by atomic mass is 27.0. The lowest BCUT2D eigenvalue weighted by molar-refractivity contribution is -0.775. The van der Waals surface area contributed by atoms with Gasteiger partial charge in [0.25, 0.3) is 17.1 Å². The molecule has 0 N–H and O–H groups in total. The van der Waals surface area contributed by atoms with Gasteiger partial charge < -0.3 is 0 Å². The highest BCUT2D eigenvalue weighted by Crippen LogP contribution is 2.32. The quantitative estimate of drug-likeness (QED) is 0.289. The summed E-state index contributed by atoms with van der Waals surface area (Å²) in [7, 11) is 0. The summed E-state index contributed by atoms with van der Waals surface area (Å²) in [6.07, 6.45) is 0. The number of hydrazine groups is 3. The molecule has 1 fully saturated rings. The molecule has 1 aromatic rings. The topological polar surface area (TPSA) is 269 Å². The Hall–Kier alpha value is -4.45. The van der Waals surface area contributed by atoms with Gasteiger partial charge in [-0.05, 0) is 6.92 Å². The minimum atomic E-state index is -0.924. The SMILES string of the molecule is Cc1c([N+](=O)[O-])cc([N+](=O)[O-])cc1[N+](=O)[O-].O=[N+]([O-])N1CN([N+](=O)[O-])CN([N+](=O)[O-])C1.[Al].